The minimum Gasteiger partial charge on any atom is -0.317 e. The van der Waals surface area contributed by atoms with Crippen LogP contribution in [0.2, 0.25) is 0 Å². The lowest BCUT2D eigenvalue weighted by Crippen LogP contribution is -2.36. The van der Waals surface area contributed by atoms with Gasteiger partial charge in [-0.2, -0.15) is 5.26 Å². The van der Waals surface area contributed by atoms with Crippen LogP contribution >= 0.6 is 0 Å². The van der Waals surface area contributed by atoms with Crippen LogP contribution in [0.25, 0.3) is 0 Å². The summed E-state index contributed by atoms with van der Waals surface area (Å²) in [5.74, 6) is 0.886. The number of hydrogen-bond acceptors (Lipinski definition) is 3. The fourth-order valence-corrected chi connectivity index (χ4v) is 2.77. The molecule has 1 N–H and O–H groups in total. The second-order valence-electron chi connectivity index (χ2n) is 6.54. The van der Waals surface area contributed by atoms with Crippen LogP contribution in [0, 0.1) is 22.7 Å². The molecule has 0 radical (unpaired) electrons. The Kier molecular flexibility index (Phi) is 7.41. The van der Waals surface area contributed by atoms with Crippen molar-refractivity contribution in [2.24, 2.45) is 11.3 Å². The predicted octanol–water partition coefficient (Wildman–Crippen LogP) is 3.03. The summed E-state index contributed by atoms with van der Waals surface area (Å²) in [5, 5.41) is 12.4. The SMILES string of the molecule is CCN(CCCCC(C)(C)C#N)CC1CCNCC1. The molecule has 0 saturated carbocycles. The molecule has 1 saturated heterocycles. The van der Waals surface area contributed by atoms with E-state index in [1.54, 1.807) is 0 Å². The highest BCUT2D eigenvalue weighted by Gasteiger charge is 2.17. The summed E-state index contributed by atoms with van der Waals surface area (Å²) < 4.78 is 0. The van der Waals surface area contributed by atoms with E-state index >= 15 is 0 Å². The number of nitriles is 1. The van der Waals surface area contributed by atoms with Gasteiger partial charge in [0.15, 0.2) is 0 Å². The van der Waals surface area contributed by atoms with Crippen molar-refractivity contribution in [3.05, 3.63) is 0 Å². The van der Waals surface area contributed by atoms with E-state index in [-0.39, 0.29) is 5.41 Å². The molecule has 0 amide bonds. The monoisotopic (exact) mass is 265 g/mol. The van der Waals surface area contributed by atoms with E-state index in [4.69, 9.17) is 5.26 Å². The maximum atomic E-state index is 9.00. The minimum atomic E-state index is -0.147. The van der Waals surface area contributed by atoms with Gasteiger partial charge in [0.2, 0.25) is 0 Å². The Hall–Kier alpha value is -0.590. The number of rotatable bonds is 8. The normalized spacial score (nSPS) is 17.6. The number of piperidine rings is 1. The molecule has 0 aromatic carbocycles. The van der Waals surface area contributed by atoms with E-state index in [1.807, 2.05) is 13.8 Å². The Bertz CT molecular complexity index is 274. The van der Waals surface area contributed by atoms with E-state index in [9.17, 15) is 0 Å². The zero-order valence-corrected chi connectivity index (χ0v) is 13.0. The van der Waals surface area contributed by atoms with E-state index in [0.29, 0.717) is 0 Å². The lowest BCUT2D eigenvalue weighted by Gasteiger charge is -2.29. The van der Waals surface area contributed by atoms with Gasteiger partial charge in [0, 0.05) is 6.54 Å². The molecule has 0 aromatic rings. The Balaban J connectivity index is 2.16. The average molecular weight is 265 g/mol. The molecule has 19 heavy (non-hydrogen) atoms. The van der Waals surface area contributed by atoms with Gasteiger partial charge in [-0.1, -0.05) is 13.3 Å². The van der Waals surface area contributed by atoms with E-state index in [2.05, 4.69) is 23.2 Å². The van der Waals surface area contributed by atoms with Crippen LogP contribution in [0.5, 0.6) is 0 Å². The van der Waals surface area contributed by atoms with Gasteiger partial charge >= 0.3 is 0 Å². The Morgan fingerprint density at radius 1 is 1.26 bits per heavy atom. The molecule has 1 aliphatic rings. The first-order valence-electron chi connectivity index (χ1n) is 7.91. The Morgan fingerprint density at radius 3 is 2.53 bits per heavy atom. The first kappa shape index (κ1) is 16.5. The maximum absolute atomic E-state index is 9.00. The topological polar surface area (TPSA) is 39.1 Å². The van der Waals surface area contributed by atoms with Crippen molar-refractivity contribution in [3.8, 4) is 6.07 Å². The van der Waals surface area contributed by atoms with Gasteiger partial charge < -0.3 is 10.2 Å². The average Bonchev–Trinajstić information content (AvgIpc) is 2.43. The second kappa shape index (κ2) is 8.55. The predicted molar refractivity (Wildman–Crippen MR) is 81.0 cm³/mol. The lowest BCUT2D eigenvalue weighted by atomic mass is 9.89. The van der Waals surface area contributed by atoms with Gasteiger partial charge in [-0.15, -0.1) is 0 Å². The van der Waals surface area contributed by atoms with Gasteiger partial charge in [0.25, 0.3) is 0 Å². The highest BCUT2D eigenvalue weighted by molar-refractivity contribution is 4.91. The van der Waals surface area contributed by atoms with Gasteiger partial charge in [0.1, 0.15) is 0 Å². The van der Waals surface area contributed by atoms with Crippen LogP contribution in [0.3, 0.4) is 0 Å². The van der Waals surface area contributed by atoms with Crippen LogP contribution in [0.1, 0.15) is 52.9 Å². The molecule has 0 spiro atoms. The summed E-state index contributed by atoms with van der Waals surface area (Å²) >= 11 is 0. The molecule has 1 heterocycles. The minimum absolute atomic E-state index is 0.147. The fraction of sp³-hybridized carbons (Fsp3) is 0.938. The van der Waals surface area contributed by atoms with Crippen LogP contribution in [-0.4, -0.2) is 37.6 Å². The third-order valence-corrected chi connectivity index (χ3v) is 4.25. The van der Waals surface area contributed by atoms with Crippen LogP contribution in [-0.2, 0) is 0 Å². The van der Waals surface area contributed by atoms with E-state index in [0.717, 1.165) is 18.9 Å². The van der Waals surface area contributed by atoms with Crippen LogP contribution < -0.4 is 5.32 Å². The summed E-state index contributed by atoms with van der Waals surface area (Å²) in [6.45, 7) is 12.4. The summed E-state index contributed by atoms with van der Waals surface area (Å²) in [6, 6.07) is 2.39. The molecular weight excluding hydrogens is 234 g/mol. The standard InChI is InChI=1S/C16H31N3/c1-4-19(13-15-7-10-18-11-8-15)12-6-5-9-16(2,3)14-17/h15,18H,4-13H2,1-3H3. The molecule has 1 rings (SSSR count). The third-order valence-electron chi connectivity index (χ3n) is 4.25. The molecule has 0 unspecified atom stereocenters. The molecule has 0 bridgehead atoms. The molecule has 110 valence electrons. The zero-order chi connectivity index (χ0) is 14.1. The van der Waals surface area contributed by atoms with Gasteiger partial charge in [-0.25, -0.2) is 0 Å². The quantitative estimate of drug-likeness (QED) is 0.686. The highest BCUT2D eigenvalue weighted by Crippen LogP contribution is 2.22. The molecule has 0 aromatic heterocycles. The van der Waals surface area contributed by atoms with Crippen molar-refractivity contribution in [1.82, 2.24) is 10.2 Å². The molecule has 1 fully saturated rings. The van der Waals surface area contributed by atoms with Crippen molar-refractivity contribution >= 4 is 0 Å². The van der Waals surface area contributed by atoms with Gasteiger partial charge in [-0.3, -0.25) is 0 Å². The number of hydrogen-bond donors (Lipinski definition) is 1. The van der Waals surface area contributed by atoms with Crippen LogP contribution in [0.4, 0.5) is 0 Å². The Labute approximate surface area is 119 Å². The maximum Gasteiger partial charge on any atom is 0.0683 e. The summed E-state index contributed by atoms with van der Waals surface area (Å²) in [6.07, 6.45) is 6.08. The van der Waals surface area contributed by atoms with E-state index in [1.165, 1.54) is 51.9 Å². The Morgan fingerprint density at radius 2 is 1.95 bits per heavy atom. The van der Waals surface area contributed by atoms with E-state index < -0.39 is 0 Å². The van der Waals surface area contributed by atoms with Crippen molar-refractivity contribution in [1.29, 1.82) is 5.26 Å². The van der Waals surface area contributed by atoms with Gasteiger partial charge in [-0.05, 0) is 71.6 Å². The number of nitrogens with zero attached hydrogens (tertiary/aromatic N) is 2. The van der Waals surface area contributed by atoms with Crippen molar-refractivity contribution in [3.63, 3.8) is 0 Å². The molecule has 1 aliphatic heterocycles. The molecule has 0 aliphatic carbocycles. The number of unbranched alkanes of at least 4 members (excludes halogenated alkanes) is 1. The zero-order valence-electron chi connectivity index (χ0n) is 13.0. The molecular formula is C16H31N3. The first-order valence-corrected chi connectivity index (χ1v) is 7.91. The van der Waals surface area contributed by atoms with Crippen LogP contribution in [0.15, 0.2) is 0 Å². The number of nitrogens with one attached hydrogen (secondary N) is 1. The largest absolute Gasteiger partial charge is 0.317 e. The smallest absolute Gasteiger partial charge is 0.0683 e. The first-order chi connectivity index (χ1) is 9.07. The fourth-order valence-electron chi connectivity index (χ4n) is 2.77. The highest BCUT2D eigenvalue weighted by atomic mass is 15.1. The molecule has 3 heteroatoms. The summed E-state index contributed by atoms with van der Waals surface area (Å²) in [5.41, 5.74) is -0.147. The van der Waals surface area contributed by atoms with Crippen molar-refractivity contribution < 1.29 is 0 Å². The lowest BCUT2D eigenvalue weighted by molar-refractivity contribution is 0.208. The molecule has 3 nitrogen and oxygen atoms in total. The third kappa shape index (κ3) is 6.94. The van der Waals surface area contributed by atoms with Crippen molar-refractivity contribution in [2.75, 3.05) is 32.7 Å². The van der Waals surface area contributed by atoms with Gasteiger partial charge in [0.05, 0.1) is 11.5 Å². The van der Waals surface area contributed by atoms with Crippen molar-refractivity contribution in [2.45, 2.75) is 52.9 Å². The summed E-state index contributed by atoms with van der Waals surface area (Å²) in [7, 11) is 0. The second-order valence-corrected chi connectivity index (χ2v) is 6.54. The molecule has 0 atom stereocenters. The summed E-state index contributed by atoms with van der Waals surface area (Å²) in [4.78, 5) is 2.59.